The van der Waals surface area contributed by atoms with Crippen molar-refractivity contribution in [2.75, 3.05) is 26.2 Å². The van der Waals surface area contributed by atoms with Gasteiger partial charge in [0.1, 0.15) is 0 Å². The maximum Gasteiger partial charge on any atom is 0.0193 e. The van der Waals surface area contributed by atoms with Gasteiger partial charge in [-0.3, -0.25) is 4.90 Å². The fourth-order valence-corrected chi connectivity index (χ4v) is 3.21. The van der Waals surface area contributed by atoms with E-state index >= 15 is 0 Å². The van der Waals surface area contributed by atoms with Gasteiger partial charge in [-0.05, 0) is 31.6 Å². The fourth-order valence-electron chi connectivity index (χ4n) is 3.21. The summed E-state index contributed by atoms with van der Waals surface area (Å²) in [6, 6.07) is 0.746. The molecule has 0 radical (unpaired) electrons. The summed E-state index contributed by atoms with van der Waals surface area (Å²) in [5.41, 5.74) is 0. The van der Waals surface area contributed by atoms with Crippen LogP contribution < -0.4 is 5.32 Å². The topological polar surface area (TPSA) is 15.3 Å². The highest BCUT2D eigenvalue weighted by Crippen LogP contribution is 2.29. The molecule has 0 amide bonds. The molecule has 16 heavy (non-hydrogen) atoms. The molecule has 1 aliphatic carbocycles. The summed E-state index contributed by atoms with van der Waals surface area (Å²) >= 11 is 0. The Morgan fingerprint density at radius 2 is 2.06 bits per heavy atom. The first-order valence-electron chi connectivity index (χ1n) is 6.70. The van der Waals surface area contributed by atoms with Crippen LogP contribution in [0.1, 0.15) is 39.5 Å². The second-order valence-corrected chi connectivity index (χ2v) is 5.69. The van der Waals surface area contributed by atoms with E-state index in [1.807, 2.05) is 0 Å². The van der Waals surface area contributed by atoms with Gasteiger partial charge in [0.25, 0.3) is 0 Å². The molecular weight excluding hydrogens is 220 g/mol. The molecule has 3 atom stereocenters. The van der Waals surface area contributed by atoms with Gasteiger partial charge in [0.2, 0.25) is 0 Å². The molecule has 2 aliphatic rings. The number of hydrogen-bond acceptors (Lipinski definition) is 2. The van der Waals surface area contributed by atoms with E-state index in [1.54, 1.807) is 0 Å². The third kappa shape index (κ3) is 3.90. The van der Waals surface area contributed by atoms with Crippen molar-refractivity contribution in [1.29, 1.82) is 0 Å². The third-order valence-corrected chi connectivity index (χ3v) is 4.18. The normalized spacial score (nSPS) is 36.8. The third-order valence-electron chi connectivity index (χ3n) is 4.18. The Hall–Kier alpha value is 0.210. The molecule has 3 unspecified atom stereocenters. The molecule has 2 fully saturated rings. The minimum atomic E-state index is 0. The Morgan fingerprint density at radius 1 is 1.25 bits per heavy atom. The summed E-state index contributed by atoms with van der Waals surface area (Å²) in [7, 11) is 0. The predicted molar refractivity (Wildman–Crippen MR) is 72.3 cm³/mol. The van der Waals surface area contributed by atoms with Crippen molar-refractivity contribution in [3.63, 3.8) is 0 Å². The molecule has 1 N–H and O–H groups in total. The van der Waals surface area contributed by atoms with E-state index in [9.17, 15) is 0 Å². The zero-order chi connectivity index (χ0) is 10.7. The van der Waals surface area contributed by atoms with Gasteiger partial charge >= 0.3 is 0 Å². The van der Waals surface area contributed by atoms with Gasteiger partial charge in [-0.1, -0.05) is 19.8 Å². The number of hydrogen-bond donors (Lipinski definition) is 1. The molecule has 0 aromatic rings. The molecule has 1 saturated heterocycles. The zero-order valence-electron chi connectivity index (χ0n) is 10.7. The first-order valence-corrected chi connectivity index (χ1v) is 6.70. The summed E-state index contributed by atoms with van der Waals surface area (Å²) in [5.74, 6) is 1.95. The highest BCUT2D eigenvalue weighted by molar-refractivity contribution is 5.85. The maximum atomic E-state index is 3.47. The van der Waals surface area contributed by atoms with Crippen LogP contribution in [0.4, 0.5) is 0 Å². The van der Waals surface area contributed by atoms with Crippen molar-refractivity contribution in [1.82, 2.24) is 10.2 Å². The summed E-state index contributed by atoms with van der Waals surface area (Å²) in [6.07, 6.45) is 5.87. The lowest BCUT2D eigenvalue weighted by atomic mass is 9.82. The average molecular weight is 247 g/mol. The van der Waals surface area contributed by atoms with Crippen LogP contribution in [-0.2, 0) is 0 Å². The molecule has 1 heterocycles. The second kappa shape index (κ2) is 6.83. The van der Waals surface area contributed by atoms with E-state index in [0.29, 0.717) is 0 Å². The van der Waals surface area contributed by atoms with Crippen molar-refractivity contribution in [3.05, 3.63) is 0 Å². The SMILES string of the molecule is CC1CCCC(CN2CCNCC2C)C1.Cl. The van der Waals surface area contributed by atoms with Crippen LogP contribution in [0.3, 0.4) is 0 Å². The Bertz CT molecular complexity index is 198. The Balaban J connectivity index is 0.00000128. The molecule has 1 saturated carbocycles. The van der Waals surface area contributed by atoms with E-state index in [4.69, 9.17) is 0 Å². The number of nitrogens with one attached hydrogen (secondary N) is 1. The molecule has 96 valence electrons. The number of halogens is 1. The average Bonchev–Trinajstić information content (AvgIpc) is 2.22. The molecule has 3 heteroatoms. The van der Waals surface area contributed by atoms with Crippen LogP contribution in [0.5, 0.6) is 0 Å². The van der Waals surface area contributed by atoms with Gasteiger partial charge in [0, 0.05) is 32.2 Å². The number of rotatable bonds is 2. The van der Waals surface area contributed by atoms with Gasteiger partial charge in [-0.2, -0.15) is 0 Å². The summed E-state index contributed by atoms with van der Waals surface area (Å²) < 4.78 is 0. The van der Waals surface area contributed by atoms with Crippen molar-refractivity contribution < 1.29 is 0 Å². The molecule has 1 aliphatic heterocycles. The molecule has 0 aromatic carbocycles. The van der Waals surface area contributed by atoms with E-state index < -0.39 is 0 Å². The van der Waals surface area contributed by atoms with Crippen molar-refractivity contribution in [3.8, 4) is 0 Å². The highest BCUT2D eigenvalue weighted by Gasteiger charge is 2.24. The van der Waals surface area contributed by atoms with Crippen LogP contribution in [0.2, 0.25) is 0 Å². The van der Waals surface area contributed by atoms with E-state index in [2.05, 4.69) is 24.1 Å². The smallest absolute Gasteiger partial charge is 0.0193 e. The Kier molecular flexibility index (Phi) is 6.09. The predicted octanol–water partition coefficient (Wildman–Crippen LogP) is 2.53. The minimum Gasteiger partial charge on any atom is -0.314 e. The van der Waals surface area contributed by atoms with Crippen molar-refractivity contribution >= 4 is 12.4 Å². The standard InChI is InChI=1S/C13H26N2.ClH/c1-11-4-3-5-13(8-11)10-15-7-6-14-9-12(15)2;/h11-14H,3-10H2,1-2H3;1H. The summed E-state index contributed by atoms with van der Waals surface area (Å²) in [5, 5.41) is 3.47. The van der Waals surface area contributed by atoms with Gasteiger partial charge in [-0.15, -0.1) is 12.4 Å². The lowest BCUT2D eigenvalue weighted by Gasteiger charge is -2.38. The van der Waals surface area contributed by atoms with E-state index in [1.165, 1.54) is 51.9 Å². The number of piperazine rings is 1. The summed E-state index contributed by atoms with van der Waals surface area (Å²) in [6.45, 7) is 9.76. The summed E-state index contributed by atoms with van der Waals surface area (Å²) in [4.78, 5) is 2.69. The lowest BCUT2D eigenvalue weighted by Crippen LogP contribution is -2.51. The molecule has 2 nitrogen and oxygen atoms in total. The molecular formula is C13H27ClN2. The molecule has 2 rings (SSSR count). The maximum absolute atomic E-state index is 3.47. The molecule has 0 aromatic heterocycles. The second-order valence-electron chi connectivity index (χ2n) is 5.69. The first-order chi connectivity index (χ1) is 7.25. The van der Waals surface area contributed by atoms with Crippen molar-refractivity contribution in [2.45, 2.75) is 45.6 Å². The van der Waals surface area contributed by atoms with Gasteiger partial charge in [0.15, 0.2) is 0 Å². The van der Waals surface area contributed by atoms with E-state index in [-0.39, 0.29) is 12.4 Å². The number of nitrogens with zero attached hydrogens (tertiary/aromatic N) is 1. The Labute approximate surface area is 107 Å². The van der Waals surface area contributed by atoms with Crippen LogP contribution >= 0.6 is 12.4 Å². The van der Waals surface area contributed by atoms with Crippen molar-refractivity contribution in [2.24, 2.45) is 11.8 Å². The monoisotopic (exact) mass is 246 g/mol. The highest BCUT2D eigenvalue weighted by atomic mass is 35.5. The van der Waals surface area contributed by atoms with E-state index in [0.717, 1.165) is 17.9 Å². The quantitative estimate of drug-likeness (QED) is 0.806. The Morgan fingerprint density at radius 3 is 2.75 bits per heavy atom. The molecule has 0 bridgehead atoms. The van der Waals surface area contributed by atoms with Crippen LogP contribution in [0.15, 0.2) is 0 Å². The zero-order valence-corrected chi connectivity index (χ0v) is 11.6. The van der Waals surface area contributed by atoms with Gasteiger partial charge in [0.05, 0.1) is 0 Å². The van der Waals surface area contributed by atoms with Gasteiger partial charge in [-0.25, -0.2) is 0 Å². The van der Waals surface area contributed by atoms with Crippen LogP contribution in [-0.4, -0.2) is 37.1 Å². The van der Waals surface area contributed by atoms with Gasteiger partial charge < -0.3 is 5.32 Å². The molecule has 0 spiro atoms. The van der Waals surface area contributed by atoms with Crippen LogP contribution in [0.25, 0.3) is 0 Å². The minimum absolute atomic E-state index is 0. The van der Waals surface area contributed by atoms with Crippen LogP contribution in [0, 0.1) is 11.8 Å². The fraction of sp³-hybridized carbons (Fsp3) is 1.00. The lowest BCUT2D eigenvalue weighted by molar-refractivity contribution is 0.123. The largest absolute Gasteiger partial charge is 0.314 e. The first kappa shape index (κ1) is 14.3.